The summed E-state index contributed by atoms with van der Waals surface area (Å²) in [5.41, 5.74) is 7.49. The van der Waals surface area contributed by atoms with Gasteiger partial charge in [-0.25, -0.2) is 4.68 Å². The Labute approximate surface area is 183 Å². The van der Waals surface area contributed by atoms with Gasteiger partial charge in [-0.1, -0.05) is 53.6 Å². The van der Waals surface area contributed by atoms with Gasteiger partial charge in [0.25, 0.3) is 0 Å². The highest BCUT2D eigenvalue weighted by atomic mass is 16.5. The van der Waals surface area contributed by atoms with Crippen LogP contribution in [0.2, 0.25) is 0 Å². The molecule has 4 rings (SSSR count). The second kappa shape index (κ2) is 8.89. The lowest BCUT2D eigenvalue weighted by molar-refractivity contribution is 0.415. The Kier molecular flexibility index (Phi) is 5.86. The average Bonchev–Trinajstić information content (AvgIpc) is 3.26. The molecule has 0 aliphatic carbocycles. The Bertz CT molecular complexity index is 1230. The van der Waals surface area contributed by atoms with E-state index in [2.05, 4.69) is 49.4 Å². The van der Waals surface area contributed by atoms with Crippen molar-refractivity contribution in [2.75, 3.05) is 7.11 Å². The molecule has 1 aromatic heterocycles. The first-order valence-electron chi connectivity index (χ1n) is 10.3. The lowest BCUT2D eigenvalue weighted by atomic mass is 9.94. The molecule has 4 aromatic rings. The highest BCUT2D eigenvalue weighted by Gasteiger charge is 2.15. The number of rotatable bonds is 6. The summed E-state index contributed by atoms with van der Waals surface area (Å²) in [4.78, 5) is 0. The first-order valence-corrected chi connectivity index (χ1v) is 10.3. The molecule has 0 saturated heterocycles. The van der Waals surface area contributed by atoms with Crippen molar-refractivity contribution < 1.29 is 4.74 Å². The van der Waals surface area contributed by atoms with Gasteiger partial charge in [-0.2, -0.15) is 10.4 Å². The van der Waals surface area contributed by atoms with E-state index in [4.69, 9.17) is 9.84 Å². The molecule has 1 heterocycles. The van der Waals surface area contributed by atoms with Crippen LogP contribution in [-0.4, -0.2) is 16.9 Å². The minimum Gasteiger partial charge on any atom is -0.497 e. The lowest BCUT2D eigenvalue weighted by Gasteiger charge is -2.12. The van der Waals surface area contributed by atoms with Crippen molar-refractivity contribution in [1.82, 2.24) is 9.78 Å². The summed E-state index contributed by atoms with van der Waals surface area (Å²) in [6.07, 6.45) is 2.55. The number of aromatic nitrogens is 2. The van der Waals surface area contributed by atoms with E-state index in [0.29, 0.717) is 6.42 Å². The topological polar surface area (TPSA) is 50.8 Å². The number of methoxy groups -OCH3 is 1. The highest BCUT2D eigenvalue weighted by Crippen LogP contribution is 2.30. The van der Waals surface area contributed by atoms with Gasteiger partial charge in [-0.05, 0) is 55.3 Å². The summed E-state index contributed by atoms with van der Waals surface area (Å²) in [6, 6.07) is 27.0. The van der Waals surface area contributed by atoms with E-state index in [1.807, 2.05) is 54.2 Å². The van der Waals surface area contributed by atoms with Crippen molar-refractivity contribution in [3.05, 3.63) is 101 Å². The zero-order valence-electron chi connectivity index (χ0n) is 18.0. The first-order chi connectivity index (χ1) is 15.1. The molecule has 0 saturated carbocycles. The van der Waals surface area contributed by atoms with Gasteiger partial charge in [0, 0.05) is 18.2 Å². The van der Waals surface area contributed by atoms with Gasteiger partial charge in [0.1, 0.15) is 5.75 Å². The van der Waals surface area contributed by atoms with Gasteiger partial charge < -0.3 is 4.74 Å². The van der Waals surface area contributed by atoms with Crippen LogP contribution in [0.5, 0.6) is 5.75 Å². The van der Waals surface area contributed by atoms with Crippen molar-refractivity contribution in [3.63, 3.8) is 0 Å². The molecule has 0 fully saturated rings. The monoisotopic (exact) mass is 407 g/mol. The summed E-state index contributed by atoms with van der Waals surface area (Å²) in [5.74, 6) is 0.611. The van der Waals surface area contributed by atoms with Crippen molar-refractivity contribution >= 4 is 0 Å². The van der Waals surface area contributed by atoms with Gasteiger partial charge >= 0.3 is 0 Å². The summed E-state index contributed by atoms with van der Waals surface area (Å²) < 4.78 is 7.20. The van der Waals surface area contributed by atoms with Gasteiger partial charge in [0.2, 0.25) is 0 Å². The second-order valence-corrected chi connectivity index (χ2v) is 7.80. The van der Waals surface area contributed by atoms with E-state index in [1.165, 1.54) is 5.56 Å². The van der Waals surface area contributed by atoms with E-state index < -0.39 is 0 Å². The van der Waals surface area contributed by atoms with Gasteiger partial charge in [-0.15, -0.1) is 0 Å². The second-order valence-electron chi connectivity index (χ2n) is 7.80. The molecule has 0 aliphatic heterocycles. The molecule has 1 unspecified atom stereocenters. The quantitative estimate of drug-likeness (QED) is 0.393. The maximum Gasteiger partial charge on any atom is 0.118 e. The number of ether oxygens (including phenoxy) is 1. The Hall–Kier alpha value is -3.84. The smallest absolute Gasteiger partial charge is 0.118 e. The van der Waals surface area contributed by atoms with Crippen LogP contribution in [0.25, 0.3) is 16.8 Å². The fraction of sp³-hybridized carbons (Fsp3) is 0.185. The lowest BCUT2D eigenvalue weighted by Crippen LogP contribution is -2.04. The first kappa shape index (κ1) is 20.4. The maximum absolute atomic E-state index is 9.73. The molecule has 31 heavy (non-hydrogen) atoms. The fourth-order valence-corrected chi connectivity index (χ4v) is 3.79. The van der Waals surface area contributed by atoms with Crippen LogP contribution >= 0.6 is 0 Å². The molecule has 0 bridgehead atoms. The number of aryl methyl sites for hydroxylation is 2. The molecule has 1 atom stereocenters. The highest BCUT2D eigenvalue weighted by molar-refractivity contribution is 5.74. The number of nitrogens with zero attached hydrogens (tertiary/aromatic N) is 3. The average molecular weight is 408 g/mol. The number of benzene rings is 3. The summed E-state index contributed by atoms with van der Waals surface area (Å²) in [7, 11) is 1.67. The van der Waals surface area contributed by atoms with Gasteiger partial charge in [0.15, 0.2) is 0 Å². The molecule has 0 aliphatic rings. The SMILES string of the molecule is COc1ccc(-c2cc(C)ccc2-n2ccc(CC(C#N)c3cccc(C)c3)n2)cc1. The molecule has 4 nitrogen and oxygen atoms in total. The Morgan fingerprint density at radius 1 is 0.968 bits per heavy atom. The molecule has 0 amide bonds. The number of nitriles is 1. The van der Waals surface area contributed by atoms with Crippen LogP contribution in [0.15, 0.2) is 79.0 Å². The van der Waals surface area contributed by atoms with Crippen LogP contribution < -0.4 is 4.74 Å². The zero-order chi connectivity index (χ0) is 21.8. The maximum atomic E-state index is 9.73. The molecular weight excluding hydrogens is 382 g/mol. The predicted octanol–water partition coefficient (Wildman–Crippen LogP) is 6.01. The number of hydrogen-bond acceptors (Lipinski definition) is 3. The van der Waals surface area contributed by atoms with E-state index in [0.717, 1.165) is 39.4 Å². The molecular formula is C27H25N3O. The minimum atomic E-state index is -0.220. The van der Waals surface area contributed by atoms with Crippen LogP contribution in [0.1, 0.15) is 28.3 Å². The molecule has 154 valence electrons. The van der Waals surface area contributed by atoms with Gasteiger partial charge in [0.05, 0.1) is 30.5 Å². The Balaban J connectivity index is 1.65. The van der Waals surface area contributed by atoms with Gasteiger partial charge in [-0.3, -0.25) is 0 Å². The molecule has 4 heteroatoms. The van der Waals surface area contributed by atoms with Crippen LogP contribution in [0.4, 0.5) is 0 Å². The molecule has 3 aromatic carbocycles. The zero-order valence-corrected chi connectivity index (χ0v) is 18.0. The fourth-order valence-electron chi connectivity index (χ4n) is 3.79. The van der Waals surface area contributed by atoms with E-state index in [1.54, 1.807) is 7.11 Å². The third-order valence-electron chi connectivity index (χ3n) is 5.46. The van der Waals surface area contributed by atoms with Crippen molar-refractivity contribution in [1.29, 1.82) is 5.26 Å². The molecule has 0 radical (unpaired) electrons. The third kappa shape index (κ3) is 4.51. The van der Waals surface area contributed by atoms with E-state index >= 15 is 0 Å². The third-order valence-corrected chi connectivity index (χ3v) is 5.46. The Morgan fingerprint density at radius 2 is 1.74 bits per heavy atom. The van der Waals surface area contributed by atoms with E-state index in [9.17, 15) is 5.26 Å². The summed E-state index contributed by atoms with van der Waals surface area (Å²) in [5, 5.41) is 14.5. The van der Waals surface area contributed by atoms with Crippen LogP contribution in [-0.2, 0) is 6.42 Å². The van der Waals surface area contributed by atoms with E-state index in [-0.39, 0.29) is 5.92 Å². The standard InChI is InChI=1S/C27H25N3O/c1-19-5-4-6-22(15-19)23(18-28)17-24-13-14-30(29-24)27-12-7-20(2)16-26(27)21-8-10-25(31-3)11-9-21/h4-16,23H,17H2,1-3H3. The van der Waals surface area contributed by atoms with Crippen molar-refractivity contribution in [2.24, 2.45) is 0 Å². The van der Waals surface area contributed by atoms with Crippen molar-refractivity contribution in [3.8, 4) is 28.6 Å². The largest absolute Gasteiger partial charge is 0.497 e. The van der Waals surface area contributed by atoms with Crippen LogP contribution in [0.3, 0.4) is 0 Å². The molecule has 0 N–H and O–H groups in total. The number of hydrogen-bond donors (Lipinski definition) is 0. The summed E-state index contributed by atoms with van der Waals surface area (Å²) in [6.45, 7) is 4.13. The normalized spacial score (nSPS) is 11.7. The Morgan fingerprint density at radius 3 is 2.45 bits per heavy atom. The predicted molar refractivity (Wildman–Crippen MR) is 124 cm³/mol. The van der Waals surface area contributed by atoms with Crippen molar-refractivity contribution in [2.45, 2.75) is 26.2 Å². The minimum absolute atomic E-state index is 0.220. The molecule has 0 spiro atoms. The summed E-state index contributed by atoms with van der Waals surface area (Å²) >= 11 is 0. The van der Waals surface area contributed by atoms with Crippen LogP contribution in [0, 0.1) is 25.2 Å².